The van der Waals surface area contributed by atoms with Crippen molar-refractivity contribution >= 4 is 11.7 Å². The van der Waals surface area contributed by atoms with Crippen LogP contribution in [0.25, 0.3) is 0 Å². The van der Waals surface area contributed by atoms with Crippen LogP contribution in [0.4, 0.5) is 14.9 Å². The first-order valence-corrected chi connectivity index (χ1v) is 7.21. The Hall–Kier alpha value is -2.26. The van der Waals surface area contributed by atoms with Crippen molar-refractivity contribution in [2.24, 2.45) is 0 Å². The summed E-state index contributed by atoms with van der Waals surface area (Å²) in [6, 6.07) is 2.97. The molecule has 0 saturated heterocycles. The van der Waals surface area contributed by atoms with E-state index >= 15 is 0 Å². The van der Waals surface area contributed by atoms with Gasteiger partial charge in [-0.05, 0) is 25.0 Å². The Morgan fingerprint density at radius 3 is 2.95 bits per heavy atom. The van der Waals surface area contributed by atoms with Gasteiger partial charge in [-0.25, -0.2) is 9.18 Å². The average Bonchev–Trinajstić information content (AvgIpc) is 2.49. The fourth-order valence-electron chi connectivity index (χ4n) is 2.45. The predicted molar refractivity (Wildman–Crippen MR) is 81.1 cm³/mol. The normalized spacial score (nSPS) is 20.8. The molecule has 5 nitrogen and oxygen atoms in total. The van der Waals surface area contributed by atoms with Gasteiger partial charge < -0.3 is 20.5 Å². The number of carbonyl (C=O) groups excluding carboxylic acids is 1. The third-order valence-electron chi connectivity index (χ3n) is 3.55. The SMILES string of the molecule is C#CCOc1ccc(F)cc1NC(=O)NC1CCCCC1O. The van der Waals surface area contributed by atoms with E-state index in [2.05, 4.69) is 16.6 Å². The lowest BCUT2D eigenvalue weighted by molar-refractivity contribution is 0.0955. The molecule has 0 radical (unpaired) electrons. The van der Waals surface area contributed by atoms with E-state index in [0.29, 0.717) is 12.2 Å². The van der Waals surface area contributed by atoms with Gasteiger partial charge in [0.1, 0.15) is 18.2 Å². The van der Waals surface area contributed by atoms with Gasteiger partial charge in [0.15, 0.2) is 0 Å². The van der Waals surface area contributed by atoms with Crippen LogP contribution in [0.5, 0.6) is 5.75 Å². The first-order valence-electron chi connectivity index (χ1n) is 7.21. The number of benzene rings is 1. The number of carbonyl (C=O) groups is 1. The van der Waals surface area contributed by atoms with Gasteiger partial charge >= 0.3 is 6.03 Å². The Morgan fingerprint density at radius 2 is 2.23 bits per heavy atom. The van der Waals surface area contributed by atoms with E-state index in [1.165, 1.54) is 12.1 Å². The topological polar surface area (TPSA) is 70.6 Å². The summed E-state index contributed by atoms with van der Waals surface area (Å²) in [5.74, 6) is 2.10. The molecule has 0 aliphatic heterocycles. The zero-order valence-corrected chi connectivity index (χ0v) is 12.1. The summed E-state index contributed by atoms with van der Waals surface area (Å²) < 4.78 is 18.6. The van der Waals surface area contributed by atoms with Crippen LogP contribution in [0.3, 0.4) is 0 Å². The van der Waals surface area contributed by atoms with Crippen LogP contribution in [0.2, 0.25) is 0 Å². The molecule has 1 aromatic rings. The molecule has 1 aliphatic carbocycles. The highest BCUT2D eigenvalue weighted by molar-refractivity contribution is 5.91. The van der Waals surface area contributed by atoms with E-state index in [1.54, 1.807) is 0 Å². The van der Waals surface area contributed by atoms with Crippen LogP contribution in [0.1, 0.15) is 25.7 Å². The highest BCUT2D eigenvalue weighted by atomic mass is 19.1. The summed E-state index contributed by atoms with van der Waals surface area (Å²) >= 11 is 0. The number of amides is 2. The minimum atomic E-state index is -0.552. The predicted octanol–water partition coefficient (Wildman–Crippen LogP) is 2.26. The van der Waals surface area contributed by atoms with E-state index in [1.807, 2.05) is 0 Å². The molecule has 2 amide bonds. The molecule has 1 aromatic carbocycles. The van der Waals surface area contributed by atoms with Gasteiger partial charge in [0, 0.05) is 6.07 Å². The number of rotatable bonds is 4. The number of hydrogen-bond acceptors (Lipinski definition) is 3. The second kappa shape index (κ2) is 7.66. The number of hydrogen-bond donors (Lipinski definition) is 3. The molecule has 3 N–H and O–H groups in total. The molecule has 1 saturated carbocycles. The lowest BCUT2D eigenvalue weighted by Crippen LogP contribution is -2.46. The second-order valence-electron chi connectivity index (χ2n) is 5.19. The minimum absolute atomic E-state index is 0.0171. The molecule has 2 atom stereocenters. The maximum Gasteiger partial charge on any atom is 0.319 e. The molecule has 0 heterocycles. The standard InChI is InChI=1S/C16H19FN2O3/c1-2-9-22-15-8-7-11(17)10-13(15)19-16(21)18-12-5-3-4-6-14(12)20/h1,7-8,10,12,14,20H,3-6,9H2,(H2,18,19,21). The zero-order valence-electron chi connectivity index (χ0n) is 12.1. The van der Waals surface area contributed by atoms with Crippen molar-refractivity contribution in [3.63, 3.8) is 0 Å². The largest absolute Gasteiger partial charge is 0.479 e. The molecule has 6 heteroatoms. The van der Waals surface area contributed by atoms with Gasteiger partial charge in [-0.2, -0.15) is 0 Å². The average molecular weight is 306 g/mol. The number of terminal acetylenes is 1. The number of urea groups is 1. The van der Waals surface area contributed by atoms with E-state index < -0.39 is 18.0 Å². The van der Waals surface area contributed by atoms with Crippen molar-refractivity contribution in [2.75, 3.05) is 11.9 Å². The molecule has 1 fully saturated rings. The van der Waals surface area contributed by atoms with Gasteiger partial charge in [-0.1, -0.05) is 18.8 Å². The Labute approximate surface area is 128 Å². The number of halogens is 1. The summed E-state index contributed by atoms with van der Waals surface area (Å²) in [4.78, 5) is 12.0. The van der Waals surface area contributed by atoms with Crippen molar-refractivity contribution in [3.8, 4) is 18.1 Å². The summed E-state index contributed by atoms with van der Waals surface area (Å²) in [5.41, 5.74) is 0.193. The molecule has 2 rings (SSSR count). The molecule has 1 aliphatic rings. The van der Waals surface area contributed by atoms with Crippen molar-refractivity contribution in [3.05, 3.63) is 24.0 Å². The highest BCUT2D eigenvalue weighted by Crippen LogP contribution is 2.25. The zero-order chi connectivity index (χ0) is 15.9. The summed E-state index contributed by atoms with van der Waals surface area (Å²) in [7, 11) is 0. The highest BCUT2D eigenvalue weighted by Gasteiger charge is 2.24. The van der Waals surface area contributed by atoms with Gasteiger partial charge in [0.2, 0.25) is 0 Å². The number of nitrogens with one attached hydrogen (secondary N) is 2. The van der Waals surface area contributed by atoms with Crippen LogP contribution in [0, 0.1) is 18.2 Å². The van der Waals surface area contributed by atoms with Crippen LogP contribution >= 0.6 is 0 Å². The van der Waals surface area contributed by atoms with Crippen LogP contribution in [0.15, 0.2) is 18.2 Å². The monoisotopic (exact) mass is 306 g/mol. The Morgan fingerprint density at radius 1 is 1.45 bits per heavy atom. The third kappa shape index (κ3) is 4.37. The molecular formula is C16H19FN2O3. The fourth-order valence-corrected chi connectivity index (χ4v) is 2.45. The number of aliphatic hydroxyl groups excluding tert-OH is 1. The first kappa shape index (κ1) is 16.1. The minimum Gasteiger partial charge on any atom is -0.479 e. The Bertz CT molecular complexity index is 571. The summed E-state index contributed by atoms with van der Waals surface area (Å²) in [5, 5.41) is 15.1. The molecule has 22 heavy (non-hydrogen) atoms. The van der Waals surface area contributed by atoms with Crippen molar-refractivity contribution in [2.45, 2.75) is 37.8 Å². The molecule has 0 bridgehead atoms. The first-order chi connectivity index (χ1) is 10.6. The van der Waals surface area contributed by atoms with Gasteiger partial charge in [0.25, 0.3) is 0 Å². The number of anilines is 1. The van der Waals surface area contributed by atoms with Crippen LogP contribution < -0.4 is 15.4 Å². The van der Waals surface area contributed by atoms with Gasteiger partial charge in [-0.15, -0.1) is 6.42 Å². The van der Waals surface area contributed by atoms with Crippen LogP contribution in [-0.4, -0.2) is 29.9 Å². The van der Waals surface area contributed by atoms with Crippen molar-refractivity contribution < 1.29 is 19.0 Å². The lowest BCUT2D eigenvalue weighted by atomic mass is 9.93. The Kier molecular flexibility index (Phi) is 5.61. The van der Waals surface area contributed by atoms with E-state index in [9.17, 15) is 14.3 Å². The van der Waals surface area contributed by atoms with E-state index in [4.69, 9.17) is 11.2 Å². The van der Waals surface area contributed by atoms with E-state index in [-0.39, 0.29) is 18.3 Å². The quantitative estimate of drug-likeness (QED) is 0.747. The summed E-state index contributed by atoms with van der Waals surface area (Å²) in [6.45, 7) is 0.0171. The Balaban J connectivity index is 2.01. The van der Waals surface area contributed by atoms with E-state index in [0.717, 1.165) is 25.3 Å². The molecule has 0 spiro atoms. The lowest BCUT2D eigenvalue weighted by Gasteiger charge is -2.28. The molecular weight excluding hydrogens is 287 g/mol. The second-order valence-corrected chi connectivity index (χ2v) is 5.19. The maximum atomic E-state index is 13.3. The maximum absolute atomic E-state index is 13.3. The third-order valence-corrected chi connectivity index (χ3v) is 3.55. The smallest absolute Gasteiger partial charge is 0.319 e. The number of aliphatic hydroxyl groups is 1. The fraction of sp³-hybridized carbons (Fsp3) is 0.438. The molecule has 118 valence electrons. The molecule has 0 aromatic heterocycles. The molecule has 2 unspecified atom stereocenters. The van der Waals surface area contributed by atoms with Crippen molar-refractivity contribution in [1.29, 1.82) is 0 Å². The van der Waals surface area contributed by atoms with Gasteiger partial charge in [0.05, 0.1) is 17.8 Å². The van der Waals surface area contributed by atoms with Crippen LogP contribution in [-0.2, 0) is 0 Å². The van der Waals surface area contributed by atoms with Gasteiger partial charge in [-0.3, -0.25) is 0 Å². The van der Waals surface area contributed by atoms with Crippen molar-refractivity contribution in [1.82, 2.24) is 5.32 Å². The number of ether oxygens (including phenoxy) is 1. The summed E-state index contributed by atoms with van der Waals surface area (Å²) in [6.07, 6.45) is 7.87.